The van der Waals surface area contributed by atoms with Crippen LogP contribution < -0.4 is 5.73 Å². The molecule has 2 N–H and O–H groups in total. The molecule has 1 aliphatic rings. The first-order valence-corrected chi connectivity index (χ1v) is 5.09. The summed E-state index contributed by atoms with van der Waals surface area (Å²) in [4.78, 5) is 2.35. The van der Waals surface area contributed by atoms with E-state index in [1.807, 2.05) is 6.92 Å². The standard InChI is InChI=1S/C11H20N2/c1-3-4-8-13(2)11-7-5-6-10(11)9-12/h10-11H,5-9,12H2,1-2H3. The van der Waals surface area contributed by atoms with Crippen molar-refractivity contribution >= 4 is 0 Å². The third-order valence-electron chi connectivity index (χ3n) is 2.99. The van der Waals surface area contributed by atoms with Gasteiger partial charge in [0.15, 0.2) is 0 Å². The Bertz CT molecular complexity index is 202. The third kappa shape index (κ3) is 2.72. The van der Waals surface area contributed by atoms with Crippen molar-refractivity contribution in [2.45, 2.75) is 32.2 Å². The molecule has 2 unspecified atom stereocenters. The van der Waals surface area contributed by atoms with Crippen molar-refractivity contribution in [3.8, 4) is 11.8 Å². The van der Waals surface area contributed by atoms with Crippen LogP contribution in [0.1, 0.15) is 26.2 Å². The Morgan fingerprint density at radius 2 is 2.23 bits per heavy atom. The van der Waals surface area contributed by atoms with Crippen molar-refractivity contribution in [3.05, 3.63) is 0 Å². The van der Waals surface area contributed by atoms with Gasteiger partial charge in [-0.15, -0.1) is 5.92 Å². The molecule has 2 atom stereocenters. The molecule has 2 heteroatoms. The van der Waals surface area contributed by atoms with Gasteiger partial charge in [0.2, 0.25) is 0 Å². The first-order valence-electron chi connectivity index (χ1n) is 5.09. The van der Waals surface area contributed by atoms with E-state index in [1.54, 1.807) is 0 Å². The second-order valence-corrected chi connectivity index (χ2v) is 3.84. The molecule has 1 rings (SSSR count). The molecule has 13 heavy (non-hydrogen) atoms. The highest BCUT2D eigenvalue weighted by Gasteiger charge is 2.28. The van der Waals surface area contributed by atoms with E-state index in [0.717, 1.165) is 13.1 Å². The highest BCUT2D eigenvalue weighted by atomic mass is 15.1. The molecular weight excluding hydrogens is 160 g/mol. The van der Waals surface area contributed by atoms with Gasteiger partial charge < -0.3 is 5.73 Å². The molecule has 1 fully saturated rings. The fourth-order valence-corrected chi connectivity index (χ4v) is 2.19. The molecule has 1 aliphatic carbocycles. The minimum atomic E-state index is 0.672. The Hall–Kier alpha value is -0.520. The smallest absolute Gasteiger partial charge is 0.0601 e. The molecular formula is C11H20N2. The zero-order valence-electron chi connectivity index (χ0n) is 8.71. The first kappa shape index (κ1) is 10.6. The summed E-state index contributed by atoms with van der Waals surface area (Å²) in [5, 5.41) is 0. The van der Waals surface area contributed by atoms with Crippen LogP contribution in [0.5, 0.6) is 0 Å². The van der Waals surface area contributed by atoms with Crippen molar-refractivity contribution < 1.29 is 0 Å². The molecule has 0 aromatic rings. The van der Waals surface area contributed by atoms with Crippen molar-refractivity contribution in [1.82, 2.24) is 4.90 Å². The van der Waals surface area contributed by atoms with Gasteiger partial charge in [0.05, 0.1) is 6.54 Å². The van der Waals surface area contributed by atoms with Crippen LogP contribution in [-0.4, -0.2) is 31.1 Å². The summed E-state index contributed by atoms with van der Waals surface area (Å²) in [6.07, 6.45) is 3.92. The third-order valence-corrected chi connectivity index (χ3v) is 2.99. The van der Waals surface area contributed by atoms with Crippen LogP contribution in [0.4, 0.5) is 0 Å². The van der Waals surface area contributed by atoms with Crippen molar-refractivity contribution in [1.29, 1.82) is 0 Å². The van der Waals surface area contributed by atoms with E-state index in [1.165, 1.54) is 19.3 Å². The highest BCUT2D eigenvalue weighted by molar-refractivity contribution is 4.99. The number of hydrogen-bond acceptors (Lipinski definition) is 2. The Morgan fingerprint density at radius 3 is 2.85 bits per heavy atom. The predicted molar refractivity (Wildman–Crippen MR) is 56.3 cm³/mol. The Labute approximate surface area is 81.5 Å². The Morgan fingerprint density at radius 1 is 1.46 bits per heavy atom. The molecule has 0 amide bonds. The minimum Gasteiger partial charge on any atom is -0.330 e. The fraction of sp³-hybridized carbons (Fsp3) is 0.818. The maximum Gasteiger partial charge on any atom is 0.0601 e. The fourth-order valence-electron chi connectivity index (χ4n) is 2.19. The molecule has 0 saturated heterocycles. The van der Waals surface area contributed by atoms with E-state index >= 15 is 0 Å². The summed E-state index contributed by atoms with van der Waals surface area (Å²) in [7, 11) is 2.16. The largest absolute Gasteiger partial charge is 0.330 e. The van der Waals surface area contributed by atoms with Crippen LogP contribution in [0.3, 0.4) is 0 Å². The molecule has 0 spiro atoms. The quantitative estimate of drug-likeness (QED) is 0.658. The predicted octanol–water partition coefficient (Wildman–Crippen LogP) is 1.07. The second kappa shape index (κ2) is 5.26. The van der Waals surface area contributed by atoms with Gasteiger partial charge in [-0.05, 0) is 39.3 Å². The maximum absolute atomic E-state index is 5.73. The number of nitrogens with two attached hydrogens (primary N) is 1. The SMILES string of the molecule is CC#CCN(C)C1CCCC1CN. The highest BCUT2D eigenvalue weighted by Crippen LogP contribution is 2.28. The summed E-state index contributed by atoms with van der Waals surface area (Å²) < 4.78 is 0. The number of rotatable bonds is 3. The average molecular weight is 180 g/mol. The van der Waals surface area contributed by atoms with Crippen molar-refractivity contribution in [3.63, 3.8) is 0 Å². The number of nitrogens with zero attached hydrogens (tertiary/aromatic N) is 1. The van der Waals surface area contributed by atoms with Gasteiger partial charge in [-0.2, -0.15) is 0 Å². The van der Waals surface area contributed by atoms with Crippen LogP contribution in [-0.2, 0) is 0 Å². The van der Waals surface area contributed by atoms with Crippen LogP contribution in [0.2, 0.25) is 0 Å². The molecule has 0 radical (unpaired) electrons. The van der Waals surface area contributed by atoms with Crippen LogP contribution in [0.15, 0.2) is 0 Å². The van der Waals surface area contributed by atoms with Gasteiger partial charge in [-0.25, -0.2) is 0 Å². The molecule has 2 nitrogen and oxygen atoms in total. The van der Waals surface area contributed by atoms with Crippen LogP contribution >= 0.6 is 0 Å². The average Bonchev–Trinajstić information content (AvgIpc) is 2.61. The van der Waals surface area contributed by atoms with Crippen LogP contribution in [0, 0.1) is 17.8 Å². The molecule has 0 heterocycles. The lowest BCUT2D eigenvalue weighted by Gasteiger charge is -2.27. The van der Waals surface area contributed by atoms with E-state index in [2.05, 4.69) is 23.8 Å². The lowest BCUT2D eigenvalue weighted by Crippen LogP contribution is -2.37. The van der Waals surface area contributed by atoms with E-state index in [4.69, 9.17) is 5.73 Å². The molecule has 0 aromatic heterocycles. The summed E-state index contributed by atoms with van der Waals surface area (Å²) in [5.41, 5.74) is 5.73. The van der Waals surface area contributed by atoms with E-state index in [0.29, 0.717) is 12.0 Å². The number of hydrogen-bond donors (Lipinski definition) is 1. The minimum absolute atomic E-state index is 0.672. The van der Waals surface area contributed by atoms with E-state index < -0.39 is 0 Å². The monoisotopic (exact) mass is 180 g/mol. The summed E-state index contributed by atoms with van der Waals surface area (Å²) in [6, 6.07) is 0.672. The van der Waals surface area contributed by atoms with E-state index in [-0.39, 0.29) is 0 Å². The van der Waals surface area contributed by atoms with Crippen molar-refractivity contribution in [2.24, 2.45) is 11.7 Å². The van der Waals surface area contributed by atoms with Gasteiger partial charge in [0, 0.05) is 6.04 Å². The van der Waals surface area contributed by atoms with Crippen LogP contribution in [0.25, 0.3) is 0 Å². The Kier molecular flexibility index (Phi) is 4.27. The van der Waals surface area contributed by atoms with Gasteiger partial charge in [0.25, 0.3) is 0 Å². The summed E-state index contributed by atoms with van der Waals surface area (Å²) in [5.74, 6) is 6.73. The summed E-state index contributed by atoms with van der Waals surface area (Å²) in [6.45, 7) is 3.61. The summed E-state index contributed by atoms with van der Waals surface area (Å²) >= 11 is 0. The lowest BCUT2D eigenvalue weighted by atomic mass is 10.0. The molecule has 0 bridgehead atoms. The normalized spacial score (nSPS) is 27.4. The van der Waals surface area contributed by atoms with Crippen molar-refractivity contribution in [2.75, 3.05) is 20.1 Å². The van der Waals surface area contributed by atoms with Gasteiger partial charge in [-0.1, -0.05) is 12.3 Å². The Balaban J connectivity index is 2.43. The van der Waals surface area contributed by atoms with Gasteiger partial charge >= 0.3 is 0 Å². The second-order valence-electron chi connectivity index (χ2n) is 3.84. The lowest BCUT2D eigenvalue weighted by molar-refractivity contribution is 0.223. The van der Waals surface area contributed by atoms with Gasteiger partial charge in [0.1, 0.15) is 0 Å². The maximum atomic E-state index is 5.73. The van der Waals surface area contributed by atoms with E-state index in [9.17, 15) is 0 Å². The molecule has 0 aliphatic heterocycles. The first-order chi connectivity index (χ1) is 6.29. The van der Waals surface area contributed by atoms with Gasteiger partial charge in [-0.3, -0.25) is 4.90 Å². The molecule has 1 saturated carbocycles. The zero-order valence-corrected chi connectivity index (χ0v) is 8.71. The zero-order chi connectivity index (χ0) is 9.68. The topological polar surface area (TPSA) is 29.3 Å². The molecule has 0 aromatic carbocycles. The molecule has 74 valence electrons.